The first-order valence-electron chi connectivity index (χ1n) is 8.47. The van der Waals surface area contributed by atoms with Crippen molar-refractivity contribution in [3.05, 3.63) is 59.9 Å². The molecule has 2 aromatic carbocycles. The van der Waals surface area contributed by atoms with Crippen LogP contribution in [-0.4, -0.2) is 57.5 Å². The van der Waals surface area contributed by atoms with Crippen molar-refractivity contribution in [1.82, 2.24) is 15.3 Å². The average molecular weight is 392 g/mol. The van der Waals surface area contributed by atoms with E-state index in [-0.39, 0.29) is 16.5 Å². The van der Waals surface area contributed by atoms with E-state index in [1.54, 1.807) is 0 Å². The highest BCUT2D eigenvalue weighted by atomic mass is 32.2. The van der Waals surface area contributed by atoms with Crippen LogP contribution >= 0.6 is 0 Å². The van der Waals surface area contributed by atoms with Gasteiger partial charge in [-0.15, -0.1) is 0 Å². The molecule has 9 heteroatoms. The monoisotopic (exact) mass is 392 g/mol. The van der Waals surface area contributed by atoms with Crippen LogP contribution in [0.3, 0.4) is 0 Å². The van der Waals surface area contributed by atoms with Crippen LogP contribution in [0.25, 0.3) is 0 Å². The third-order valence-corrected chi connectivity index (χ3v) is 5.69. The highest BCUT2D eigenvalue weighted by molar-refractivity contribution is 7.92. The molecule has 0 aliphatic carbocycles. The number of rotatable bonds is 5. The number of nitrogens with one attached hydrogen (secondary N) is 2. The molecule has 0 atom stereocenters. The summed E-state index contributed by atoms with van der Waals surface area (Å²) >= 11 is 0. The number of halogens is 1. The van der Waals surface area contributed by atoms with Crippen molar-refractivity contribution in [2.75, 3.05) is 37.9 Å². The number of sulfonamides is 1. The van der Waals surface area contributed by atoms with Gasteiger partial charge in [-0.1, -0.05) is 12.1 Å². The first kappa shape index (κ1) is 19.3. The van der Waals surface area contributed by atoms with Crippen LogP contribution in [0.5, 0.6) is 0 Å². The van der Waals surface area contributed by atoms with Crippen LogP contribution in [0.15, 0.2) is 53.4 Å². The van der Waals surface area contributed by atoms with Crippen LogP contribution in [0.2, 0.25) is 0 Å². The number of hydrazine groups is 1. The molecule has 1 saturated heterocycles. The SMILES string of the molecule is CN1CCN(NC(=O)c2ccc(S(=O)(=O)Nc3ccccc3F)cc2)CC1. The number of para-hydroxylation sites is 1. The molecule has 3 rings (SSSR count). The van der Waals surface area contributed by atoms with Crippen LogP contribution in [-0.2, 0) is 10.0 Å². The maximum Gasteiger partial charge on any atom is 0.265 e. The zero-order chi connectivity index (χ0) is 19.4. The van der Waals surface area contributed by atoms with E-state index in [0.29, 0.717) is 5.56 Å². The molecular weight excluding hydrogens is 371 g/mol. The number of carbonyl (C=O) groups excluding carboxylic acids is 1. The van der Waals surface area contributed by atoms with E-state index in [0.717, 1.165) is 26.2 Å². The lowest BCUT2D eigenvalue weighted by atomic mass is 10.2. The number of nitrogens with zero attached hydrogens (tertiary/aromatic N) is 2. The van der Waals surface area contributed by atoms with Crippen LogP contribution in [0.1, 0.15) is 10.4 Å². The Labute approximate surface area is 157 Å². The summed E-state index contributed by atoms with van der Waals surface area (Å²) in [4.78, 5) is 14.4. The van der Waals surface area contributed by atoms with E-state index in [1.165, 1.54) is 48.5 Å². The zero-order valence-electron chi connectivity index (χ0n) is 14.9. The summed E-state index contributed by atoms with van der Waals surface area (Å²) in [5.74, 6) is -0.963. The Morgan fingerprint density at radius 2 is 1.63 bits per heavy atom. The second kappa shape index (κ2) is 8.03. The van der Waals surface area contributed by atoms with Gasteiger partial charge in [0.2, 0.25) is 0 Å². The summed E-state index contributed by atoms with van der Waals surface area (Å²) < 4.78 is 40.7. The summed E-state index contributed by atoms with van der Waals surface area (Å²) in [7, 11) is -1.93. The summed E-state index contributed by atoms with van der Waals surface area (Å²) in [5, 5.41) is 1.84. The van der Waals surface area contributed by atoms with Crippen LogP contribution in [0.4, 0.5) is 10.1 Å². The molecule has 1 fully saturated rings. The van der Waals surface area contributed by atoms with Crippen LogP contribution < -0.4 is 10.1 Å². The number of piperazine rings is 1. The van der Waals surface area contributed by atoms with Gasteiger partial charge in [-0.25, -0.2) is 17.8 Å². The molecule has 2 N–H and O–H groups in total. The lowest BCUT2D eigenvalue weighted by Gasteiger charge is -2.32. The highest BCUT2D eigenvalue weighted by Crippen LogP contribution is 2.19. The molecule has 0 saturated carbocycles. The minimum absolute atomic E-state index is 0.0538. The normalized spacial score (nSPS) is 16.1. The quantitative estimate of drug-likeness (QED) is 0.806. The van der Waals surface area contributed by atoms with Gasteiger partial charge in [0.1, 0.15) is 5.82 Å². The first-order chi connectivity index (χ1) is 12.8. The highest BCUT2D eigenvalue weighted by Gasteiger charge is 2.19. The first-order valence-corrected chi connectivity index (χ1v) is 9.95. The summed E-state index contributed by atoms with van der Waals surface area (Å²) in [5.41, 5.74) is 3.03. The van der Waals surface area contributed by atoms with E-state index < -0.39 is 15.8 Å². The fourth-order valence-corrected chi connectivity index (χ4v) is 3.73. The third-order valence-electron chi connectivity index (χ3n) is 4.31. The topological polar surface area (TPSA) is 81.8 Å². The molecule has 2 aromatic rings. The molecule has 27 heavy (non-hydrogen) atoms. The molecule has 1 heterocycles. The molecule has 1 aliphatic heterocycles. The van der Waals surface area contributed by atoms with Crippen LogP contribution in [0, 0.1) is 5.82 Å². The maximum absolute atomic E-state index is 13.7. The number of hydrogen-bond donors (Lipinski definition) is 2. The number of amides is 1. The number of hydrogen-bond acceptors (Lipinski definition) is 5. The van der Waals surface area contributed by atoms with Crippen molar-refractivity contribution in [2.45, 2.75) is 4.90 Å². The Hall–Kier alpha value is -2.49. The standard InChI is InChI=1S/C18H21FN4O3S/c1-22-10-12-23(13-11-22)20-18(24)14-6-8-15(9-7-14)27(25,26)21-17-5-3-2-4-16(17)19/h2-9,21H,10-13H2,1H3,(H,20,24). The Balaban J connectivity index is 1.67. The lowest BCUT2D eigenvalue weighted by Crippen LogP contribution is -2.52. The van der Waals surface area contributed by atoms with E-state index in [1.807, 2.05) is 12.1 Å². The average Bonchev–Trinajstić information content (AvgIpc) is 2.65. The van der Waals surface area contributed by atoms with Crippen molar-refractivity contribution < 1.29 is 17.6 Å². The predicted molar refractivity (Wildman–Crippen MR) is 100 cm³/mol. The Bertz CT molecular complexity index is 910. The molecule has 0 aromatic heterocycles. The van der Waals surface area contributed by atoms with E-state index in [2.05, 4.69) is 15.0 Å². The number of carbonyl (C=O) groups is 1. The summed E-state index contributed by atoms with van der Waals surface area (Å²) in [6.45, 7) is 3.17. The molecular formula is C18H21FN4O3S. The van der Waals surface area contributed by atoms with E-state index in [4.69, 9.17) is 0 Å². The van der Waals surface area contributed by atoms with Gasteiger partial charge in [0, 0.05) is 31.7 Å². The molecule has 0 spiro atoms. The second-order valence-corrected chi connectivity index (χ2v) is 8.02. The zero-order valence-corrected chi connectivity index (χ0v) is 15.7. The van der Waals surface area contributed by atoms with Gasteiger partial charge in [0.05, 0.1) is 10.6 Å². The van der Waals surface area contributed by atoms with Gasteiger partial charge in [0.25, 0.3) is 15.9 Å². The summed E-state index contributed by atoms with van der Waals surface area (Å²) in [6.07, 6.45) is 0. The lowest BCUT2D eigenvalue weighted by molar-refractivity contribution is 0.0662. The molecule has 0 radical (unpaired) electrons. The Morgan fingerprint density at radius 3 is 2.26 bits per heavy atom. The minimum Gasteiger partial charge on any atom is -0.304 e. The Kier molecular flexibility index (Phi) is 5.73. The van der Waals surface area contributed by atoms with Gasteiger partial charge >= 0.3 is 0 Å². The minimum atomic E-state index is -3.95. The van der Waals surface area contributed by atoms with Crippen molar-refractivity contribution in [2.24, 2.45) is 0 Å². The van der Waals surface area contributed by atoms with Gasteiger partial charge in [-0.2, -0.15) is 0 Å². The fraction of sp³-hybridized carbons (Fsp3) is 0.278. The van der Waals surface area contributed by atoms with Crippen molar-refractivity contribution in [1.29, 1.82) is 0 Å². The summed E-state index contributed by atoms with van der Waals surface area (Å²) in [6, 6.07) is 11.0. The number of benzene rings is 2. The molecule has 144 valence electrons. The van der Waals surface area contributed by atoms with Gasteiger partial charge < -0.3 is 4.90 Å². The van der Waals surface area contributed by atoms with Gasteiger partial charge in [-0.3, -0.25) is 14.9 Å². The molecule has 0 unspecified atom stereocenters. The largest absolute Gasteiger partial charge is 0.304 e. The van der Waals surface area contributed by atoms with Gasteiger partial charge in [-0.05, 0) is 43.4 Å². The van der Waals surface area contributed by atoms with Crippen molar-refractivity contribution in [3.63, 3.8) is 0 Å². The second-order valence-electron chi connectivity index (χ2n) is 6.34. The van der Waals surface area contributed by atoms with E-state index >= 15 is 0 Å². The third kappa shape index (κ3) is 4.82. The maximum atomic E-state index is 13.7. The molecule has 7 nitrogen and oxygen atoms in total. The van der Waals surface area contributed by atoms with Crippen molar-refractivity contribution >= 4 is 21.6 Å². The molecule has 1 aliphatic rings. The number of likely N-dealkylation sites (N-methyl/N-ethyl adjacent to an activating group) is 1. The Morgan fingerprint density at radius 1 is 1.00 bits per heavy atom. The van der Waals surface area contributed by atoms with E-state index in [9.17, 15) is 17.6 Å². The molecule has 0 bridgehead atoms. The van der Waals surface area contributed by atoms with Crippen molar-refractivity contribution in [3.8, 4) is 0 Å². The smallest absolute Gasteiger partial charge is 0.265 e. The predicted octanol–water partition coefficient (Wildman–Crippen LogP) is 1.52. The van der Waals surface area contributed by atoms with Gasteiger partial charge in [0.15, 0.2) is 0 Å². The number of anilines is 1. The fourth-order valence-electron chi connectivity index (χ4n) is 2.66. The molecule has 1 amide bonds.